The third kappa shape index (κ3) is 8.14. The van der Waals surface area contributed by atoms with Crippen molar-refractivity contribution in [2.24, 2.45) is 0 Å². The normalized spacial score (nSPS) is 11.1. The molecular formula is C25H25N7O8. The molecule has 9 N–H and O–H groups in total. The third-order valence-electron chi connectivity index (χ3n) is 5.24. The largest absolute Gasteiger partial charge is 0.504 e. The van der Waals surface area contributed by atoms with Crippen molar-refractivity contribution < 1.29 is 34.8 Å². The van der Waals surface area contributed by atoms with E-state index in [1.165, 1.54) is 30.5 Å². The second-order valence-electron chi connectivity index (χ2n) is 8.20. The van der Waals surface area contributed by atoms with Gasteiger partial charge in [-0.05, 0) is 42.8 Å². The molecule has 0 aliphatic heterocycles. The molecule has 1 amide bonds. The lowest BCUT2D eigenvalue weighted by Crippen LogP contribution is -2.41. The van der Waals surface area contributed by atoms with Crippen molar-refractivity contribution in [3.05, 3.63) is 76.3 Å². The molecule has 15 heteroatoms. The molecular weight excluding hydrogens is 526 g/mol. The molecule has 0 aliphatic carbocycles. The Balaban J connectivity index is 0.000000472. The number of nitrogen functional groups attached to an aromatic ring is 1. The summed E-state index contributed by atoms with van der Waals surface area (Å²) in [5.74, 6) is -3.31. The van der Waals surface area contributed by atoms with Gasteiger partial charge in [0.15, 0.2) is 22.7 Å². The van der Waals surface area contributed by atoms with E-state index in [1.54, 1.807) is 24.3 Å². The van der Waals surface area contributed by atoms with Crippen LogP contribution in [0.15, 0.2) is 59.5 Å². The van der Waals surface area contributed by atoms with Crippen molar-refractivity contribution in [3.8, 4) is 11.5 Å². The number of rotatable bonds is 9. The number of carbonyl (C=O) groups excluding carboxylic acids is 1. The minimum atomic E-state index is -1.31. The van der Waals surface area contributed by atoms with E-state index in [1.807, 2.05) is 0 Å². The molecule has 2 aromatic heterocycles. The maximum atomic E-state index is 12.3. The quantitative estimate of drug-likeness (QED) is 0.136. The Morgan fingerprint density at radius 1 is 0.975 bits per heavy atom. The van der Waals surface area contributed by atoms with Gasteiger partial charge in [-0.1, -0.05) is 12.1 Å². The highest BCUT2D eigenvalue weighted by Crippen LogP contribution is 2.21. The fourth-order valence-electron chi connectivity index (χ4n) is 3.22. The van der Waals surface area contributed by atoms with E-state index in [2.05, 4.69) is 30.6 Å². The van der Waals surface area contributed by atoms with Gasteiger partial charge in [0.1, 0.15) is 6.04 Å². The van der Waals surface area contributed by atoms with Crippen LogP contribution in [0, 0.1) is 0 Å². The van der Waals surface area contributed by atoms with Gasteiger partial charge < -0.3 is 36.8 Å². The van der Waals surface area contributed by atoms with Crippen LogP contribution in [0.4, 0.5) is 11.6 Å². The zero-order valence-corrected chi connectivity index (χ0v) is 20.7. The van der Waals surface area contributed by atoms with E-state index in [4.69, 9.17) is 26.2 Å². The number of hydrogen-bond acceptors (Lipinski definition) is 11. The van der Waals surface area contributed by atoms with Crippen LogP contribution in [0.3, 0.4) is 0 Å². The number of aromatic hydroxyl groups is 2. The second-order valence-corrected chi connectivity index (χ2v) is 8.20. The maximum Gasteiger partial charge on any atom is 0.326 e. The number of carboxylic acids is 2. The number of benzene rings is 2. The lowest BCUT2D eigenvalue weighted by Gasteiger charge is -2.14. The Morgan fingerprint density at radius 2 is 1.62 bits per heavy atom. The maximum absolute atomic E-state index is 12.3. The van der Waals surface area contributed by atoms with Crippen LogP contribution in [-0.2, 0) is 16.1 Å². The number of nitrogens with zero attached hydrogens (tertiary/aromatic N) is 3. The monoisotopic (exact) mass is 551 g/mol. The number of amides is 1. The van der Waals surface area contributed by atoms with Gasteiger partial charge in [0.25, 0.3) is 11.5 Å². The minimum absolute atomic E-state index is 0.0524. The molecule has 1 unspecified atom stereocenters. The fourth-order valence-corrected chi connectivity index (χ4v) is 3.22. The van der Waals surface area contributed by atoms with Gasteiger partial charge in [-0.3, -0.25) is 19.4 Å². The lowest BCUT2D eigenvalue weighted by atomic mass is 10.1. The summed E-state index contributed by atoms with van der Waals surface area (Å²) < 4.78 is 0. The average molecular weight is 552 g/mol. The molecule has 2 aromatic carbocycles. The van der Waals surface area contributed by atoms with Crippen molar-refractivity contribution in [2.75, 3.05) is 11.1 Å². The number of phenols is 2. The molecule has 4 aromatic rings. The van der Waals surface area contributed by atoms with E-state index in [-0.39, 0.29) is 53.6 Å². The van der Waals surface area contributed by atoms with Crippen LogP contribution >= 0.6 is 0 Å². The van der Waals surface area contributed by atoms with Crippen LogP contribution in [0.5, 0.6) is 11.5 Å². The number of H-pyrrole nitrogens is 1. The van der Waals surface area contributed by atoms with Gasteiger partial charge in [0, 0.05) is 17.7 Å². The Kier molecular flexibility index (Phi) is 9.50. The summed E-state index contributed by atoms with van der Waals surface area (Å²) in [4.78, 5) is 60.6. The van der Waals surface area contributed by atoms with Crippen LogP contribution in [0.25, 0.3) is 11.2 Å². The fraction of sp³-hybridized carbons (Fsp3) is 0.160. The van der Waals surface area contributed by atoms with Crippen LogP contribution in [0.2, 0.25) is 0 Å². The highest BCUT2D eigenvalue weighted by Gasteiger charge is 2.21. The summed E-state index contributed by atoms with van der Waals surface area (Å²) in [5.41, 5.74) is 6.47. The number of fused-ring (bicyclic) bond motifs is 1. The standard InChI is InChI=1S/C19H19N7O6.C6H6O2/c20-19-25-15-14(17(30)26-19)23-11(8-22-15)7-21-10-3-1-9(2-4-10)16(29)24-12(18(31)32)5-6-13(27)28;7-5-3-1-2-4-6(5)8/h1-4,8,12,21H,5-7H2,(H,24,29)(H,27,28)(H,31,32)(H3,20,22,25,26,30);1-4,7-8H. The molecule has 15 nitrogen and oxygen atoms in total. The number of aromatic nitrogens is 4. The Morgan fingerprint density at radius 3 is 2.20 bits per heavy atom. The van der Waals surface area contributed by atoms with Crippen LogP contribution < -0.4 is 21.9 Å². The number of aliphatic carboxylic acids is 2. The van der Waals surface area contributed by atoms with Gasteiger partial charge in [0.05, 0.1) is 18.4 Å². The Bertz CT molecular complexity index is 1550. The number of carboxylic acid groups (broad SMARTS) is 2. The summed E-state index contributed by atoms with van der Waals surface area (Å²) in [5, 5.41) is 40.5. The molecule has 40 heavy (non-hydrogen) atoms. The topological polar surface area (TPSA) is 254 Å². The van der Waals surface area contributed by atoms with Gasteiger partial charge in [-0.15, -0.1) is 0 Å². The number of hydrogen-bond donors (Lipinski definition) is 8. The zero-order valence-electron chi connectivity index (χ0n) is 20.7. The predicted octanol–water partition coefficient (Wildman–Crippen LogP) is 1.05. The number of aromatic amines is 1. The van der Waals surface area contributed by atoms with E-state index in [0.29, 0.717) is 11.4 Å². The van der Waals surface area contributed by atoms with Gasteiger partial charge in [-0.2, -0.15) is 4.98 Å². The molecule has 1 atom stereocenters. The van der Waals surface area contributed by atoms with Gasteiger partial charge in [-0.25, -0.2) is 14.8 Å². The smallest absolute Gasteiger partial charge is 0.326 e. The summed E-state index contributed by atoms with van der Waals surface area (Å²) in [7, 11) is 0. The Hall–Kier alpha value is -5.73. The number of anilines is 2. The first-order valence-corrected chi connectivity index (χ1v) is 11.6. The van der Waals surface area contributed by atoms with E-state index in [9.17, 15) is 19.2 Å². The van der Waals surface area contributed by atoms with Gasteiger partial charge in [0.2, 0.25) is 5.95 Å². The molecule has 0 radical (unpaired) electrons. The molecule has 0 aliphatic rings. The van der Waals surface area contributed by atoms with Crippen molar-refractivity contribution in [2.45, 2.75) is 25.4 Å². The molecule has 208 valence electrons. The van der Waals surface area contributed by atoms with Crippen molar-refractivity contribution >= 4 is 40.6 Å². The third-order valence-corrected chi connectivity index (χ3v) is 5.24. The molecule has 0 bridgehead atoms. The first-order chi connectivity index (χ1) is 19.0. The van der Waals surface area contributed by atoms with E-state index >= 15 is 0 Å². The predicted molar refractivity (Wildman–Crippen MR) is 142 cm³/mol. The average Bonchev–Trinajstić information content (AvgIpc) is 2.92. The van der Waals surface area contributed by atoms with Crippen molar-refractivity contribution in [1.29, 1.82) is 0 Å². The SMILES string of the molecule is Nc1nc2ncc(CNc3ccc(C(=O)NC(CCC(=O)O)C(=O)O)cc3)nc2c(=O)[nH]1.Oc1ccccc1O. The number of phenolic OH excluding ortho intramolecular Hbond substituents is 2. The van der Waals surface area contributed by atoms with Crippen LogP contribution in [0.1, 0.15) is 28.9 Å². The van der Waals surface area contributed by atoms with Crippen molar-refractivity contribution in [3.63, 3.8) is 0 Å². The zero-order chi connectivity index (χ0) is 29.2. The molecule has 0 saturated carbocycles. The van der Waals surface area contributed by atoms with E-state index < -0.39 is 29.4 Å². The summed E-state index contributed by atoms with van der Waals surface area (Å²) in [6, 6.07) is 11.0. The lowest BCUT2D eigenvalue weighted by molar-refractivity contribution is -0.140. The molecule has 0 spiro atoms. The summed E-state index contributed by atoms with van der Waals surface area (Å²) >= 11 is 0. The Labute approximate surface area is 225 Å². The summed E-state index contributed by atoms with van der Waals surface area (Å²) in [6.07, 6.45) is 0.840. The number of nitrogens with two attached hydrogens (primary N) is 1. The first-order valence-electron chi connectivity index (χ1n) is 11.6. The number of nitrogens with one attached hydrogen (secondary N) is 3. The molecule has 2 heterocycles. The molecule has 0 fully saturated rings. The molecule has 4 rings (SSSR count). The second kappa shape index (κ2) is 13.2. The highest BCUT2D eigenvalue weighted by atomic mass is 16.4. The number of para-hydroxylation sites is 2. The van der Waals surface area contributed by atoms with Gasteiger partial charge >= 0.3 is 11.9 Å². The highest BCUT2D eigenvalue weighted by molar-refractivity contribution is 5.96. The van der Waals surface area contributed by atoms with Crippen LogP contribution in [-0.4, -0.2) is 64.2 Å². The molecule has 0 saturated heterocycles. The summed E-state index contributed by atoms with van der Waals surface area (Å²) in [6.45, 7) is 0.231. The van der Waals surface area contributed by atoms with Crippen molar-refractivity contribution in [1.82, 2.24) is 25.3 Å². The number of carbonyl (C=O) groups is 3. The first kappa shape index (κ1) is 28.8. The van der Waals surface area contributed by atoms with E-state index in [0.717, 1.165) is 0 Å². The minimum Gasteiger partial charge on any atom is -0.504 e.